The maximum absolute atomic E-state index is 12.0. The second-order valence-corrected chi connectivity index (χ2v) is 6.62. The Morgan fingerprint density at radius 2 is 1.85 bits per heavy atom. The number of aliphatic imine (C=N–C) groups is 1. The van der Waals surface area contributed by atoms with Gasteiger partial charge in [-0.3, -0.25) is 0 Å². The van der Waals surface area contributed by atoms with Crippen LogP contribution in [0.2, 0.25) is 0 Å². The van der Waals surface area contributed by atoms with Crippen LogP contribution in [-0.4, -0.2) is 11.9 Å². The quantitative estimate of drug-likeness (QED) is 0.429. The average molecular weight is 424 g/mol. The number of benzene rings is 2. The van der Waals surface area contributed by atoms with Crippen molar-refractivity contribution < 1.29 is 18.7 Å². The van der Waals surface area contributed by atoms with E-state index in [2.05, 4.69) is 20.9 Å². The van der Waals surface area contributed by atoms with Gasteiger partial charge in [0.1, 0.15) is 12.4 Å². The number of esters is 1. The van der Waals surface area contributed by atoms with Crippen LogP contribution in [0.25, 0.3) is 6.08 Å². The van der Waals surface area contributed by atoms with Crippen LogP contribution in [0.15, 0.2) is 86.5 Å². The molecule has 0 amide bonds. The number of carbonyl (C=O) groups is 1. The molecule has 0 spiro atoms. The molecule has 27 heavy (non-hydrogen) atoms. The van der Waals surface area contributed by atoms with Gasteiger partial charge in [-0.25, -0.2) is 9.79 Å². The fourth-order valence-electron chi connectivity index (χ4n) is 2.51. The first-order valence-electron chi connectivity index (χ1n) is 8.22. The number of halogens is 1. The second-order valence-electron chi connectivity index (χ2n) is 5.76. The summed E-state index contributed by atoms with van der Waals surface area (Å²) in [4.78, 5) is 16.2. The number of carbonyl (C=O) groups excluding carboxylic acids is 1. The Kier molecular flexibility index (Phi) is 4.89. The van der Waals surface area contributed by atoms with E-state index >= 15 is 0 Å². The van der Waals surface area contributed by atoms with Crippen molar-refractivity contribution >= 4 is 33.9 Å². The molecule has 3 aromatic rings. The lowest BCUT2D eigenvalue weighted by atomic mass is 10.2. The smallest absolute Gasteiger partial charge is 0.363 e. The standard InChI is InChI=1S/C21H14BrNO4/c22-17-5-2-1-4-15(17)13-26-16-9-7-14(8-10-16)12-18-21(24)27-20(23-18)19-6-3-11-25-19/h1-12H,13H2. The molecule has 0 saturated carbocycles. The summed E-state index contributed by atoms with van der Waals surface area (Å²) >= 11 is 3.50. The van der Waals surface area contributed by atoms with E-state index in [4.69, 9.17) is 13.9 Å². The molecule has 6 heteroatoms. The molecule has 1 aliphatic rings. The summed E-state index contributed by atoms with van der Waals surface area (Å²) in [6.45, 7) is 0.463. The molecule has 0 aliphatic carbocycles. The maximum Gasteiger partial charge on any atom is 0.363 e. The Hall–Kier alpha value is -3.12. The van der Waals surface area contributed by atoms with Crippen LogP contribution >= 0.6 is 15.9 Å². The molecule has 0 fully saturated rings. The van der Waals surface area contributed by atoms with E-state index in [0.717, 1.165) is 21.3 Å². The number of hydrogen-bond acceptors (Lipinski definition) is 5. The number of cyclic esters (lactones) is 1. The number of hydrogen-bond donors (Lipinski definition) is 0. The zero-order chi connectivity index (χ0) is 18.6. The van der Waals surface area contributed by atoms with E-state index < -0.39 is 5.97 Å². The first-order valence-corrected chi connectivity index (χ1v) is 9.01. The van der Waals surface area contributed by atoms with Crippen molar-refractivity contribution in [1.29, 1.82) is 0 Å². The molecular formula is C21H14BrNO4. The summed E-state index contributed by atoms with van der Waals surface area (Å²) < 4.78 is 17.1. The summed E-state index contributed by atoms with van der Waals surface area (Å²) in [5.41, 5.74) is 2.11. The molecule has 1 aromatic heterocycles. The molecule has 2 heterocycles. The van der Waals surface area contributed by atoms with Crippen LogP contribution in [0.1, 0.15) is 16.9 Å². The highest BCUT2D eigenvalue weighted by Gasteiger charge is 2.25. The largest absolute Gasteiger partial charge is 0.489 e. The molecule has 0 radical (unpaired) electrons. The summed E-state index contributed by atoms with van der Waals surface area (Å²) in [6, 6.07) is 18.7. The van der Waals surface area contributed by atoms with E-state index in [9.17, 15) is 4.79 Å². The average Bonchev–Trinajstić information content (AvgIpc) is 3.33. The van der Waals surface area contributed by atoms with Crippen molar-refractivity contribution in [3.8, 4) is 5.75 Å². The lowest BCUT2D eigenvalue weighted by Gasteiger charge is -2.08. The molecule has 134 valence electrons. The zero-order valence-electron chi connectivity index (χ0n) is 14.1. The monoisotopic (exact) mass is 423 g/mol. The van der Waals surface area contributed by atoms with Gasteiger partial charge in [-0.1, -0.05) is 46.3 Å². The van der Waals surface area contributed by atoms with Crippen molar-refractivity contribution in [1.82, 2.24) is 0 Å². The van der Waals surface area contributed by atoms with Gasteiger partial charge in [0.05, 0.1) is 6.26 Å². The van der Waals surface area contributed by atoms with Gasteiger partial charge in [-0.05, 0) is 42.0 Å². The van der Waals surface area contributed by atoms with Crippen molar-refractivity contribution in [2.75, 3.05) is 0 Å². The van der Waals surface area contributed by atoms with Crippen LogP contribution in [0, 0.1) is 0 Å². The van der Waals surface area contributed by atoms with Crippen LogP contribution in [-0.2, 0) is 16.1 Å². The fraction of sp³-hybridized carbons (Fsp3) is 0.0476. The summed E-state index contributed by atoms with van der Waals surface area (Å²) in [5, 5.41) is 0. The second kappa shape index (κ2) is 7.63. The molecular weight excluding hydrogens is 410 g/mol. The Morgan fingerprint density at radius 1 is 1.04 bits per heavy atom. The van der Waals surface area contributed by atoms with Crippen LogP contribution in [0.5, 0.6) is 5.75 Å². The van der Waals surface area contributed by atoms with E-state index in [1.807, 2.05) is 48.5 Å². The third kappa shape index (κ3) is 4.01. The van der Waals surface area contributed by atoms with Gasteiger partial charge in [0, 0.05) is 10.0 Å². The normalized spacial score (nSPS) is 14.9. The zero-order valence-corrected chi connectivity index (χ0v) is 15.7. The Bertz CT molecular complexity index is 1020. The van der Waals surface area contributed by atoms with Gasteiger partial charge in [-0.15, -0.1) is 0 Å². The van der Waals surface area contributed by atoms with Gasteiger partial charge in [0.15, 0.2) is 11.5 Å². The molecule has 4 rings (SSSR count). The topological polar surface area (TPSA) is 61.0 Å². The minimum Gasteiger partial charge on any atom is -0.489 e. The summed E-state index contributed by atoms with van der Waals surface area (Å²) in [5.74, 6) is 0.824. The number of furan rings is 1. The lowest BCUT2D eigenvalue weighted by molar-refractivity contribution is -0.130. The van der Waals surface area contributed by atoms with Crippen molar-refractivity contribution in [2.24, 2.45) is 4.99 Å². The van der Waals surface area contributed by atoms with Gasteiger partial charge in [-0.2, -0.15) is 0 Å². The predicted octanol–water partition coefficient (Wildman–Crippen LogP) is 4.97. The third-order valence-electron chi connectivity index (χ3n) is 3.89. The van der Waals surface area contributed by atoms with E-state index in [-0.39, 0.29) is 11.6 Å². The summed E-state index contributed by atoms with van der Waals surface area (Å²) in [7, 11) is 0. The minimum atomic E-state index is -0.504. The molecule has 2 aromatic carbocycles. The molecule has 0 atom stereocenters. The molecule has 0 N–H and O–H groups in total. The highest BCUT2D eigenvalue weighted by Crippen LogP contribution is 2.22. The molecule has 0 unspecified atom stereocenters. The van der Waals surface area contributed by atoms with E-state index in [1.54, 1.807) is 18.2 Å². The minimum absolute atomic E-state index is 0.171. The molecule has 1 aliphatic heterocycles. The number of ether oxygens (including phenoxy) is 2. The first kappa shape index (κ1) is 17.3. The predicted molar refractivity (Wildman–Crippen MR) is 104 cm³/mol. The van der Waals surface area contributed by atoms with Gasteiger partial charge < -0.3 is 13.9 Å². The van der Waals surface area contributed by atoms with Crippen LogP contribution in [0.3, 0.4) is 0 Å². The maximum atomic E-state index is 12.0. The SMILES string of the molecule is O=C1OC(c2ccco2)=NC1=Cc1ccc(OCc2ccccc2Br)cc1. The highest BCUT2D eigenvalue weighted by molar-refractivity contribution is 9.10. The van der Waals surface area contributed by atoms with Crippen LogP contribution in [0.4, 0.5) is 0 Å². The Morgan fingerprint density at radius 3 is 2.59 bits per heavy atom. The first-order chi connectivity index (χ1) is 13.2. The van der Waals surface area contributed by atoms with Crippen molar-refractivity contribution in [3.63, 3.8) is 0 Å². The van der Waals surface area contributed by atoms with E-state index in [1.165, 1.54) is 6.26 Å². The lowest BCUT2D eigenvalue weighted by Crippen LogP contribution is -2.04. The van der Waals surface area contributed by atoms with Crippen molar-refractivity contribution in [3.05, 3.63) is 94.0 Å². The third-order valence-corrected chi connectivity index (χ3v) is 4.66. The van der Waals surface area contributed by atoms with Gasteiger partial charge >= 0.3 is 5.97 Å². The molecule has 5 nitrogen and oxygen atoms in total. The van der Waals surface area contributed by atoms with E-state index in [0.29, 0.717) is 12.4 Å². The Balaban J connectivity index is 1.45. The highest BCUT2D eigenvalue weighted by atomic mass is 79.9. The van der Waals surface area contributed by atoms with Crippen LogP contribution < -0.4 is 4.74 Å². The molecule has 0 saturated heterocycles. The van der Waals surface area contributed by atoms with Gasteiger partial charge in [0.2, 0.25) is 0 Å². The summed E-state index contributed by atoms with van der Waals surface area (Å²) in [6.07, 6.45) is 3.16. The number of rotatable bonds is 5. The molecule has 0 bridgehead atoms. The Labute approximate surface area is 164 Å². The number of nitrogens with zero attached hydrogens (tertiary/aromatic N) is 1. The fourth-order valence-corrected chi connectivity index (χ4v) is 2.91. The van der Waals surface area contributed by atoms with Crippen molar-refractivity contribution in [2.45, 2.75) is 6.61 Å². The van der Waals surface area contributed by atoms with Gasteiger partial charge in [0.25, 0.3) is 5.90 Å².